The molecule has 0 radical (unpaired) electrons. The monoisotopic (exact) mass is 360 g/mol. The zero-order chi connectivity index (χ0) is 19.2. The van der Waals surface area contributed by atoms with Crippen LogP contribution in [0.3, 0.4) is 0 Å². The molecule has 6 nitrogen and oxygen atoms in total. The lowest BCUT2D eigenvalue weighted by Crippen LogP contribution is -2.18. The number of anilines is 2. The normalized spacial score (nSPS) is 9.93. The molecule has 0 saturated carbocycles. The summed E-state index contributed by atoms with van der Waals surface area (Å²) in [6.07, 6.45) is 0. The molecule has 0 aliphatic heterocycles. The van der Waals surface area contributed by atoms with Crippen molar-refractivity contribution in [2.75, 3.05) is 10.6 Å². The number of nitrogens with zero attached hydrogens (tertiary/aromatic N) is 2. The van der Waals surface area contributed by atoms with Gasteiger partial charge in [0.05, 0.1) is 11.6 Å². The number of nitrogens with one attached hydrogen (secondary N) is 2. The maximum absolute atomic E-state index is 12.9. The molecule has 132 valence electrons. The smallest absolute Gasteiger partial charge is 0.274 e. The molecule has 1 heterocycles. The van der Waals surface area contributed by atoms with Crippen molar-refractivity contribution >= 4 is 23.2 Å². The van der Waals surface area contributed by atoms with E-state index >= 15 is 0 Å². The van der Waals surface area contributed by atoms with Gasteiger partial charge in [0.1, 0.15) is 17.2 Å². The second kappa shape index (κ2) is 7.89. The molecule has 0 bridgehead atoms. The summed E-state index contributed by atoms with van der Waals surface area (Å²) in [6, 6.07) is 18.2. The number of hydrogen-bond acceptors (Lipinski definition) is 4. The SMILES string of the molecule is N#Cc1cccc(NC(=O)c2cccc(C(=O)Nc3ccc(F)cc3)n2)c1. The van der Waals surface area contributed by atoms with Crippen LogP contribution in [0.15, 0.2) is 66.7 Å². The van der Waals surface area contributed by atoms with Crippen LogP contribution in [0.1, 0.15) is 26.5 Å². The highest BCUT2D eigenvalue weighted by Gasteiger charge is 2.13. The van der Waals surface area contributed by atoms with Gasteiger partial charge in [0.2, 0.25) is 0 Å². The third-order valence-corrected chi connectivity index (χ3v) is 3.57. The maximum atomic E-state index is 12.9. The minimum Gasteiger partial charge on any atom is -0.321 e. The van der Waals surface area contributed by atoms with E-state index in [-0.39, 0.29) is 11.4 Å². The van der Waals surface area contributed by atoms with E-state index in [9.17, 15) is 14.0 Å². The summed E-state index contributed by atoms with van der Waals surface area (Å²) in [5, 5.41) is 14.1. The first-order valence-corrected chi connectivity index (χ1v) is 7.90. The van der Waals surface area contributed by atoms with Gasteiger partial charge in [0.15, 0.2) is 0 Å². The predicted molar refractivity (Wildman–Crippen MR) is 97.7 cm³/mol. The van der Waals surface area contributed by atoms with Gasteiger partial charge in [-0.2, -0.15) is 5.26 Å². The van der Waals surface area contributed by atoms with Gasteiger partial charge < -0.3 is 10.6 Å². The molecule has 2 amide bonds. The van der Waals surface area contributed by atoms with E-state index in [1.807, 2.05) is 6.07 Å². The van der Waals surface area contributed by atoms with E-state index in [2.05, 4.69) is 15.6 Å². The minimum absolute atomic E-state index is 0.0396. The van der Waals surface area contributed by atoms with Gasteiger partial charge in [0.25, 0.3) is 11.8 Å². The summed E-state index contributed by atoms with van der Waals surface area (Å²) in [4.78, 5) is 28.7. The van der Waals surface area contributed by atoms with Crippen LogP contribution in [0, 0.1) is 17.1 Å². The van der Waals surface area contributed by atoms with Gasteiger partial charge >= 0.3 is 0 Å². The van der Waals surface area contributed by atoms with E-state index in [0.29, 0.717) is 16.9 Å². The Morgan fingerprint density at radius 2 is 1.44 bits per heavy atom. The lowest BCUT2D eigenvalue weighted by Gasteiger charge is -2.07. The van der Waals surface area contributed by atoms with Gasteiger partial charge in [-0.15, -0.1) is 0 Å². The number of hydrogen-bond donors (Lipinski definition) is 2. The topological polar surface area (TPSA) is 94.9 Å². The van der Waals surface area contributed by atoms with Crippen molar-refractivity contribution in [2.24, 2.45) is 0 Å². The summed E-state index contributed by atoms with van der Waals surface area (Å²) in [6.45, 7) is 0. The van der Waals surface area contributed by atoms with Gasteiger partial charge in [0, 0.05) is 11.4 Å². The van der Waals surface area contributed by atoms with Crippen LogP contribution in [0.4, 0.5) is 15.8 Å². The highest BCUT2D eigenvalue weighted by atomic mass is 19.1. The van der Waals surface area contributed by atoms with Crippen LogP contribution in [0.25, 0.3) is 0 Å². The Labute approximate surface area is 154 Å². The summed E-state index contributed by atoms with van der Waals surface area (Å²) in [5.41, 5.74) is 1.35. The van der Waals surface area contributed by atoms with Crippen molar-refractivity contribution in [2.45, 2.75) is 0 Å². The molecule has 0 saturated heterocycles. The average Bonchev–Trinajstić information content (AvgIpc) is 2.70. The number of amides is 2. The number of rotatable bonds is 4. The molecule has 0 unspecified atom stereocenters. The van der Waals surface area contributed by atoms with Crippen LogP contribution < -0.4 is 10.6 Å². The molecule has 0 spiro atoms. The second-order valence-electron chi connectivity index (χ2n) is 5.52. The zero-order valence-corrected chi connectivity index (χ0v) is 13.9. The Morgan fingerprint density at radius 3 is 2.07 bits per heavy atom. The van der Waals surface area contributed by atoms with Crippen molar-refractivity contribution in [3.63, 3.8) is 0 Å². The lowest BCUT2D eigenvalue weighted by molar-refractivity contribution is 0.101. The van der Waals surface area contributed by atoms with E-state index in [1.54, 1.807) is 18.2 Å². The predicted octanol–water partition coefficient (Wildman–Crippen LogP) is 3.60. The van der Waals surface area contributed by atoms with Crippen molar-refractivity contribution in [1.82, 2.24) is 4.98 Å². The molecule has 3 aromatic rings. The largest absolute Gasteiger partial charge is 0.321 e. The molecular formula is C20H13FN4O2. The van der Waals surface area contributed by atoms with E-state index < -0.39 is 17.6 Å². The molecule has 0 aliphatic rings. The molecular weight excluding hydrogens is 347 g/mol. The van der Waals surface area contributed by atoms with Crippen LogP contribution in [-0.2, 0) is 0 Å². The fourth-order valence-corrected chi connectivity index (χ4v) is 2.28. The first kappa shape index (κ1) is 17.8. The second-order valence-corrected chi connectivity index (χ2v) is 5.52. The van der Waals surface area contributed by atoms with Crippen molar-refractivity contribution < 1.29 is 14.0 Å². The van der Waals surface area contributed by atoms with Gasteiger partial charge in [-0.1, -0.05) is 12.1 Å². The van der Waals surface area contributed by atoms with Crippen LogP contribution >= 0.6 is 0 Å². The quantitative estimate of drug-likeness (QED) is 0.743. The number of nitriles is 1. The highest BCUT2D eigenvalue weighted by Crippen LogP contribution is 2.13. The van der Waals surface area contributed by atoms with Crippen molar-refractivity contribution in [1.29, 1.82) is 5.26 Å². The maximum Gasteiger partial charge on any atom is 0.274 e. The van der Waals surface area contributed by atoms with E-state index in [1.165, 1.54) is 48.5 Å². The van der Waals surface area contributed by atoms with Gasteiger partial charge in [-0.25, -0.2) is 9.37 Å². The number of benzene rings is 2. The Morgan fingerprint density at radius 1 is 0.852 bits per heavy atom. The van der Waals surface area contributed by atoms with Crippen molar-refractivity contribution in [3.05, 3.63) is 89.5 Å². The molecule has 27 heavy (non-hydrogen) atoms. The fourth-order valence-electron chi connectivity index (χ4n) is 2.28. The average molecular weight is 360 g/mol. The Bertz CT molecular complexity index is 1040. The first-order chi connectivity index (χ1) is 13.0. The highest BCUT2D eigenvalue weighted by molar-refractivity contribution is 6.06. The number of carbonyl (C=O) groups excluding carboxylic acids is 2. The van der Waals surface area contributed by atoms with E-state index in [4.69, 9.17) is 5.26 Å². The number of aromatic nitrogens is 1. The lowest BCUT2D eigenvalue weighted by atomic mass is 10.2. The van der Waals surface area contributed by atoms with Gasteiger partial charge in [-0.3, -0.25) is 9.59 Å². The minimum atomic E-state index is -0.525. The fraction of sp³-hybridized carbons (Fsp3) is 0. The first-order valence-electron chi connectivity index (χ1n) is 7.90. The molecule has 1 aromatic heterocycles. The number of carbonyl (C=O) groups is 2. The summed E-state index contributed by atoms with van der Waals surface area (Å²) in [7, 11) is 0. The molecule has 2 aromatic carbocycles. The molecule has 2 N–H and O–H groups in total. The Balaban J connectivity index is 1.74. The van der Waals surface area contributed by atoms with E-state index in [0.717, 1.165) is 0 Å². The molecule has 0 aliphatic carbocycles. The summed E-state index contributed by atoms with van der Waals surface area (Å²) >= 11 is 0. The standard InChI is InChI=1S/C20H13FN4O2/c21-14-7-9-15(10-8-14)23-19(26)17-5-2-6-18(25-17)20(27)24-16-4-1-3-13(11-16)12-22/h1-11H,(H,23,26)(H,24,27). The third-order valence-electron chi connectivity index (χ3n) is 3.57. The van der Waals surface area contributed by atoms with Crippen LogP contribution in [0.2, 0.25) is 0 Å². The molecule has 0 atom stereocenters. The Hall–Kier alpha value is -4.05. The van der Waals surface area contributed by atoms with Crippen LogP contribution in [-0.4, -0.2) is 16.8 Å². The summed E-state index contributed by atoms with van der Waals surface area (Å²) in [5.74, 6) is -1.45. The molecule has 7 heteroatoms. The zero-order valence-electron chi connectivity index (χ0n) is 13.9. The van der Waals surface area contributed by atoms with Crippen LogP contribution in [0.5, 0.6) is 0 Å². The number of halogens is 1. The third kappa shape index (κ3) is 4.52. The van der Waals surface area contributed by atoms with Gasteiger partial charge in [-0.05, 0) is 54.6 Å². The summed E-state index contributed by atoms with van der Waals surface area (Å²) < 4.78 is 12.9. The molecule has 3 rings (SSSR count). The molecule has 0 fully saturated rings. The Kier molecular flexibility index (Phi) is 5.19. The number of pyridine rings is 1. The van der Waals surface area contributed by atoms with Crippen molar-refractivity contribution in [3.8, 4) is 6.07 Å².